The van der Waals surface area contributed by atoms with Gasteiger partial charge in [0.05, 0.1) is 21.3 Å². The van der Waals surface area contributed by atoms with Crippen LogP contribution >= 0.6 is 0 Å². The average molecular weight is 386 g/mol. The summed E-state index contributed by atoms with van der Waals surface area (Å²) in [6.45, 7) is 2.26. The maximum Gasteiger partial charge on any atom is 0.251 e. The van der Waals surface area contributed by atoms with Crippen molar-refractivity contribution in [2.24, 2.45) is 5.92 Å². The topological polar surface area (TPSA) is 85.8 Å². The SMILES string of the molecule is COc1cc(OC)cc(C(=O)NC[C@@H]2CCCN(c3nccc(OC)n3)C2)c1. The number of aromatic nitrogens is 2. The van der Waals surface area contributed by atoms with Gasteiger partial charge in [-0.3, -0.25) is 4.79 Å². The Morgan fingerprint density at radius 1 is 1.18 bits per heavy atom. The molecule has 2 aromatic rings. The maximum atomic E-state index is 12.6. The standard InChI is InChI=1S/C20H26N4O4/c1-26-16-9-15(10-17(11-16)27-2)19(25)22-12-14-5-4-8-24(13-14)20-21-7-6-18(23-20)28-3/h6-7,9-11,14H,4-5,8,12-13H2,1-3H3,(H,22,25)/t14-/m0/s1. The van der Waals surface area contributed by atoms with E-state index < -0.39 is 0 Å². The molecular weight excluding hydrogens is 360 g/mol. The van der Waals surface area contributed by atoms with Gasteiger partial charge in [0.2, 0.25) is 11.8 Å². The Morgan fingerprint density at radius 2 is 1.93 bits per heavy atom. The molecule has 8 heteroatoms. The molecular formula is C20H26N4O4. The fourth-order valence-corrected chi connectivity index (χ4v) is 3.29. The minimum atomic E-state index is -0.146. The fourth-order valence-electron chi connectivity index (χ4n) is 3.29. The summed E-state index contributed by atoms with van der Waals surface area (Å²) in [5.41, 5.74) is 0.514. The zero-order valence-electron chi connectivity index (χ0n) is 16.5. The highest BCUT2D eigenvalue weighted by atomic mass is 16.5. The number of piperidine rings is 1. The van der Waals surface area contributed by atoms with E-state index in [1.54, 1.807) is 51.8 Å². The van der Waals surface area contributed by atoms with Gasteiger partial charge in [-0.2, -0.15) is 4.98 Å². The van der Waals surface area contributed by atoms with Crippen LogP contribution in [-0.4, -0.2) is 56.8 Å². The van der Waals surface area contributed by atoms with E-state index in [4.69, 9.17) is 14.2 Å². The van der Waals surface area contributed by atoms with Crippen LogP contribution in [0.15, 0.2) is 30.5 Å². The fraction of sp³-hybridized carbons (Fsp3) is 0.450. The van der Waals surface area contributed by atoms with Crippen LogP contribution in [0.2, 0.25) is 0 Å². The van der Waals surface area contributed by atoms with E-state index >= 15 is 0 Å². The van der Waals surface area contributed by atoms with Crippen LogP contribution in [0.1, 0.15) is 23.2 Å². The third-order valence-electron chi connectivity index (χ3n) is 4.79. The van der Waals surface area contributed by atoms with E-state index in [9.17, 15) is 4.79 Å². The van der Waals surface area contributed by atoms with E-state index in [-0.39, 0.29) is 5.91 Å². The van der Waals surface area contributed by atoms with E-state index in [1.165, 1.54) is 0 Å². The van der Waals surface area contributed by atoms with Crippen molar-refractivity contribution < 1.29 is 19.0 Å². The van der Waals surface area contributed by atoms with Gasteiger partial charge in [0, 0.05) is 43.5 Å². The second-order valence-corrected chi connectivity index (χ2v) is 6.66. The number of methoxy groups -OCH3 is 3. The third-order valence-corrected chi connectivity index (χ3v) is 4.79. The Labute approximate surface area is 164 Å². The molecule has 8 nitrogen and oxygen atoms in total. The van der Waals surface area contributed by atoms with Gasteiger partial charge in [-0.1, -0.05) is 0 Å². The van der Waals surface area contributed by atoms with Gasteiger partial charge in [-0.25, -0.2) is 4.98 Å². The number of carbonyl (C=O) groups excluding carboxylic acids is 1. The first-order chi connectivity index (χ1) is 13.6. The van der Waals surface area contributed by atoms with Gasteiger partial charge in [0.25, 0.3) is 5.91 Å². The van der Waals surface area contributed by atoms with E-state index in [0.29, 0.717) is 41.4 Å². The van der Waals surface area contributed by atoms with Crippen LogP contribution in [0.5, 0.6) is 17.4 Å². The molecule has 28 heavy (non-hydrogen) atoms. The van der Waals surface area contributed by atoms with Crippen molar-refractivity contribution in [3.8, 4) is 17.4 Å². The van der Waals surface area contributed by atoms with Crippen LogP contribution in [0.3, 0.4) is 0 Å². The number of nitrogens with zero attached hydrogens (tertiary/aromatic N) is 3. The van der Waals surface area contributed by atoms with Crippen molar-refractivity contribution >= 4 is 11.9 Å². The lowest BCUT2D eigenvalue weighted by Crippen LogP contribution is -2.41. The average Bonchev–Trinajstić information content (AvgIpc) is 2.77. The molecule has 150 valence electrons. The van der Waals surface area contributed by atoms with Crippen molar-refractivity contribution in [2.45, 2.75) is 12.8 Å². The predicted octanol–water partition coefficient (Wildman–Crippen LogP) is 2.15. The molecule has 2 heterocycles. The molecule has 1 aromatic heterocycles. The van der Waals surface area contributed by atoms with Gasteiger partial charge in [0.1, 0.15) is 11.5 Å². The third kappa shape index (κ3) is 4.82. The van der Waals surface area contributed by atoms with Crippen molar-refractivity contribution in [1.29, 1.82) is 0 Å². The number of carbonyl (C=O) groups is 1. The van der Waals surface area contributed by atoms with Crippen LogP contribution in [-0.2, 0) is 0 Å². The summed E-state index contributed by atoms with van der Waals surface area (Å²) in [7, 11) is 4.72. The molecule has 1 saturated heterocycles. The molecule has 1 amide bonds. The molecule has 1 aliphatic heterocycles. The summed E-state index contributed by atoms with van der Waals surface area (Å²) < 4.78 is 15.6. The maximum absolute atomic E-state index is 12.6. The quantitative estimate of drug-likeness (QED) is 0.780. The summed E-state index contributed by atoms with van der Waals surface area (Å²) in [6.07, 6.45) is 3.76. The highest BCUT2D eigenvalue weighted by molar-refractivity contribution is 5.95. The Morgan fingerprint density at radius 3 is 2.61 bits per heavy atom. The van der Waals surface area contributed by atoms with Crippen molar-refractivity contribution in [3.63, 3.8) is 0 Å². The zero-order chi connectivity index (χ0) is 19.9. The summed E-state index contributed by atoms with van der Waals surface area (Å²) in [5, 5.41) is 3.02. The number of rotatable bonds is 7. The highest BCUT2D eigenvalue weighted by Gasteiger charge is 2.23. The second-order valence-electron chi connectivity index (χ2n) is 6.66. The van der Waals surface area contributed by atoms with E-state index in [1.807, 2.05) is 0 Å². The Hall–Kier alpha value is -3.03. The van der Waals surface area contributed by atoms with Gasteiger partial charge in [0.15, 0.2) is 0 Å². The van der Waals surface area contributed by atoms with E-state index in [0.717, 1.165) is 25.9 Å². The number of ether oxygens (including phenoxy) is 3. The highest BCUT2D eigenvalue weighted by Crippen LogP contribution is 2.23. The molecule has 0 saturated carbocycles. The Kier molecular flexibility index (Phi) is 6.52. The number of amides is 1. The Bertz CT molecular complexity index is 792. The molecule has 1 aliphatic rings. The summed E-state index contributed by atoms with van der Waals surface area (Å²) in [6, 6.07) is 6.88. The lowest BCUT2D eigenvalue weighted by molar-refractivity contribution is 0.0945. The first-order valence-corrected chi connectivity index (χ1v) is 9.26. The summed E-state index contributed by atoms with van der Waals surface area (Å²) >= 11 is 0. The number of benzene rings is 1. The van der Waals surface area contributed by atoms with Crippen LogP contribution in [0.4, 0.5) is 5.95 Å². The zero-order valence-corrected chi connectivity index (χ0v) is 16.5. The number of nitrogens with one attached hydrogen (secondary N) is 1. The molecule has 1 fully saturated rings. The van der Waals surface area contributed by atoms with Gasteiger partial charge in [-0.15, -0.1) is 0 Å². The minimum Gasteiger partial charge on any atom is -0.497 e. The Balaban J connectivity index is 1.60. The molecule has 1 atom stereocenters. The molecule has 0 spiro atoms. The monoisotopic (exact) mass is 386 g/mol. The molecule has 0 bridgehead atoms. The van der Waals surface area contributed by atoms with Crippen LogP contribution in [0, 0.1) is 5.92 Å². The smallest absolute Gasteiger partial charge is 0.251 e. The van der Waals surface area contributed by atoms with E-state index in [2.05, 4.69) is 20.2 Å². The number of anilines is 1. The summed E-state index contributed by atoms with van der Waals surface area (Å²) in [5.74, 6) is 2.55. The molecule has 0 aliphatic carbocycles. The van der Waals surface area contributed by atoms with Gasteiger partial charge in [-0.05, 0) is 30.9 Å². The van der Waals surface area contributed by atoms with Crippen molar-refractivity contribution in [3.05, 3.63) is 36.0 Å². The lowest BCUT2D eigenvalue weighted by atomic mass is 9.98. The largest absolute Gasteiger partial charge is 0.497 e. The van der Waals surface area contributed by atoms with Gasteiger partial charge < -0.3 is 24.4 Å². The number of hydrogen-bond donors (Lipinski definition) is 1. The molecule has 1 N–H and O–H groups in total. The molecule has 0 unspecified atom stereocenters. The van der Waals surface area contributed by atoms with Gasteiger partial charge >= 0.3 is 0 Å². The molecule has 3 rings (SSSR count). The van der Waals surface area contributed by atoms with Crippen LogP contribution in [0.25, 0.3) is 0 Å². The number of hydrogen-bond acceptors (Lipinski definition) is 7. The first-order valence-electron chi connectivity index (χ1n) is 9.26. The first kappa shape index (κ1) is 19.7. The normalized spacial score (nSPS) is 16.4. The predicted molar refractivity (Wildman–Crippen MR) is 105 cm³/mol. The molecule has 1 aromatic carbocycles. The van der Waals surface area contributed by atoms with Crippen molar-refractivity contribution in [1.82, 2.24) is 15.3 Å². The van der Waals surface area contributed by atoms with Crippen molar-refractivity contribution in [2.75, 3.05) is 45.9 Å². The lowest BCUT2D eigenvalue weighted by Gasteiger charge is -2.32. The summed E-state index contributed by atoms with van der Waals surface area (Å²) in [4.78, 5) is 23.5. The second kappa shape index (κ2) is 9.25. The molecule has 0 radical (unpaired) electrons. The van der Waals surface area contributed by atoms with Crippen LogP contribution < -0.4 is 24.4 Å². The minimum absolute atomic E-state index is 0.146.